The summed E-state index contributed by atoms with van der Waals surface area (Å²) in [5.41, 5.74) is 8.32. The van der Waals surface area contributed by atoms with Gasteiger partial charge in [-0.05, 0) is 6.07 Å². The second kappa shape index (κ2) is 2.41. The standard InChI is InChI=1S/C9H7N5/c10-9-8-4-12-5-14(8)7-1-2-11-3-6(7)13-9/h1-5H,(H2,10,13). The molecule has 0 aliphatic heterocycles. The van der Waals surface area contributed by atoms with E-state index in [0.29, 0.717) is 5.82 Å². The Labute approximate surface area is 79.2 Å². The summed E-state index contributed by atoms with van der Waals surface area (Å²) in [7, 11) is 0. The molecular formula is C9H7N5. The summed E-state index contributed by atoms with van der Waals surface area (Å²) < 4.78 is 1.90. The molecule has 3 heterocycles. The number of imidazole rings is 1. The van der Waals surface area contributed by atoms with Crippen molar-refractivity contribution in [2.45, 2.75) is 0 Å². The molecule has 14 heavy (non-hydrogen) atoms. The molecular weight excluding hydrogens is 178 g/mol. The van der Waals surface area contributed by atoms with Crippen LogP contribution in [0.2, 0.25) is 0 Å². The van der Waals surface area contributed by atoms with Crippen LogP contribution in [-0.4, -0.2) is 19.4 Å². The van der Waals surface area contributed by atoms with Crippen molar-refractivity contribution in [3.8, 4) is 0 Å². The molecule has 0 bridgehead atoms. The summed E-state index contributed by atoms with van der Waals surface area (Å²) in [5, 5.41) is 0. The molecule has 0 fully saturated rings. The zero-order valence-electron chi connectivity index (χ0n) is 7.25. The number of nitrogens with zero attached hydrogens (tertiary/aromatic N) is 4. The highest BCUT2D eigenvalue weighted by Gasteiger charge is 2.04. The molecule has 5 heteroatoms. The number of hydrogen-bond donors (Lipinski definition) is 1. The van der Waals surface area contributed by atoms with Gasteiger partial charge in [0.25, 0.3) is 0 Å². The van der Waals surface area contributed by atoms with Gasteiger partial charge in [0.15, 0.2) is 0 Å². The fourth-order valence-electron chi connectivity index (χ4n) is 1.53. The first-order chi connectivity index (χ1) is 6.86. The van der Waals surface area contributed by atoms with Crippen molar-refractivity contribution in [3.05, 3.63) is 31.0 Å². The molecule has 0 aliphatic rings. The maximum Gasteiger partial charge on any atom is 0.150 e. The second-order valence-corrected chi connectivity index (χ2v) is 3.01. The Balaban J connectivity index is 2.66. The predicted molar refractivity (Wildman–Crippen MR) is 52.7 cm³/mol. The van der Waals surface area contributed by atoms with Crippen molar-refractivity contribution < 1.29 is 0 Å². The van der Waals surface area contributed by atoms with Crippen molar-refractivity contribution in [1.82, 2.24) is 19.4 Å². The molecule has 2 N–H and O–H groups in total. The molecule has 0 saturated heterocycles. The van der Waals surface area contributed by atoms with E-state index in [4.69, 9.17) is 5.73 Å². The smallest absolute Gasteiger partial charge is 0.150 e. The van der Waals surface area contributed by atoms with Crippen LogP contribution in [0.25, 0.3) is 16.6 Å². The molecule has 3 rings (SSSR count). The number of pyridine rings is 1. The SMILES string of the molecule is Nc1nc2cnccc2n2cncc12. The molecule has 0 spiro atoms. The molecule has 68 valence electrons. The van der Waals surface area contributed by atoms with Crippen LogP contribution in [-0.2, 0) is 0 Å². The van der Waals surface area contributed by atoms with Gasteiger partial charge < -0.3 is 5.73 Å². The number of rotatable bonds is 0. The largest absolute Gasteiger partial charge is 0.382 e. The minimum Gasteiger partial charge on any atom is -0.382 e. The summed E-state index contributed by atoms with van der Waals surface area (Å²) in [5.74, 6) is 0.475. The molecule has 0 aliphatic carbocycles. The molecule has 3 aromatic rings. The third-order valence-electron chi connectivity index (χ3n) is 2.18. The topological polar surface area (TPSA) is 69.1 Å². The monoisotopic (exact) mass is 185 g/mol. The van der Waals surface area contributed by atoms with E-state index in [2.05, 4.69) is 15.0 Å². The van der Waals surface area contributed by atoms with Gasteiger partial charge in [0.1, 0.15) is 16.9 Å². The van der Waals surface area contributed by atoms with E-state index in [1.165, 1.54) is 0 Å². The van der Waals surface area contributed by atoms with Gasteiger partial charge in [-0.3, -0.25) is 9.38 Å². The Morgan fingerprint density at radius 1 is 1.14 bits per heavy atom. The van der Waals surface area contributed by atoms with Crippen molar-refractivity contribution >= 4 is 22.4 Å². The first-order valence-corrected chi connectivity index (χ1v) is 4.17. The van der Waals surface area contributed by atoms with Gasteiger partial charge >= 0.3 is 0 Å². The van der Waals surface area contributed by atoms with Crippen LogP contribution in [0.1, 0.15) is 0 Å². The average Bonchev–Trinajstić information content (AvgIpc) is 2.67. The molecule has 0 atom stereocenters. The van der Waals surface area contributed by atoms with Gasteiger partial charge in [0.05, 0.1) is 24.2 Å². The molecule has 0 amide bonds. The summed E-state index contributed by atoms with van der Waals surface area (Å²) in [6, 6.07) is 1.89. The Morgan fingerprint density at radius 3 is 3.00 bits per heavy atom. The number of nitrogens with two attached hydrogens (primary N) is 1. The molecule has 5 nitrogen and oxygen atoms in total. The van der Waals surface area contributed by atoms with Gasteiger partial charge in [-0.25, -0.2) is 9.97 Å². The molecule has 0 saturated carbocycles. The Hall–Kier alpha value is -2.17. The average molecular weight is 185 g/mol. The van der Waals surface area contributed by atoms with E-state index in [0.717, 1.165) is 16.6 Å². The van der Waals surface area contributed by atoms with Crippen molar-refractivity contribution in [1.29, 1.82) is 0 Å². The summed E-state index contributed by atoms with van der Waals surface area (Å²) >= 11 is 0. The van der Waals surface area contributed by atoms with Gasteiger partial charge in [0, 0.05) is 6.20 Å². The fraction of sp³-hybridized carbons (Fsp3) is 0. The lowest BCUT2D eigenvalue weighted by Crippen LogP contribution is -1.97. The van der Waals surface area contributed by atoms with Crippen LogP contribution in [0.15, 0.2) is 31.0 Å². The lowest BCUT2D eigenvalue weighted by molar-refractivity contribution is 1.18. The molecule has 0 radical (unpaired) electrons. The normalized spacial score (nSPS) is 11.1. The second-order valence-electron chi connectivity index (χ2n) is 3.01. The van der Waals surface area contributed by atoms with Gasteiger partial charge in [-0.15, -0.1) is 0 Å². The van der Waals surface area contributed by atoms with Crippen molar-refractivity contribution in [2.75, 3.05) is 5.73 Å². The Morgan fingerprint density at radius 2 is 2.07 bits per heavy atom. The summed E-state index contributed by atoms with van der Waals surface area (Å²) in [4.78, 5) is 12.3. The van der Waals surface area contributed by atoms with Crippen LogP contribution < -0.4 is 5.73 Å². The maximum absolute atomic E-state index is 5.77. The summed E-state index contributed by atoms with van der Waals surface area (Å²) in [6.07, 6.45) is 6.82. The molecule has 0 unspecified atom stereocenters. The third kappa shape index (κ3) is 0.806. The number of hydrogen-bond acceptors (Lipinski definition) is 4. The minimum atomic E-state index is 0.475. The van der Waals surface area contributed by atoms with Crippen LogP contribution in [0.3, 0.4) is 0 Å². The number of anilines is 1. The van der Waals surface area contributed by atoms with Gasteiger partial charge in [-0.2, -0.15) is 0 Å². The first kappa shape index (κ1) is 7.25. The van der Waals surface area contributed by atoms with E-state index in [9.17, 15) is 0 Å². The van der Waals surface area contributed by atoms with E-state index in [1.807, 2.05) is 10.5 Å². The molecule has 0 aromatic carbocycles. The van der Waals surface area contributed by atoms with E-state index < -0.39 is 0 Å². The quantitative estimate of drug-likeness (QED) is 0.564. The van der Waals surface area contributed by atoms with E-state index in [1.54, 1.807) is 24.9 Å². The number of nitrogen functional groups attached to an aromatic ring is 1. The van der Waals surface area contributed by atoms with Crippen molar-refractivity contribution in [2.24, 2.45) is 0 Å². The number of fused-ring (bicyclic) bond motifs is 3. The van der Waals surface area contributed by atoms with E-state index in [-0.39, 0.29) is 0 Å². The Bertz CT molecular complexity index is 613. The number of aromatic nitrogens is 4. The first-order valence-electron chi connectivity index (χ1n) is 4.17. The minimum absolute atomic E-state index is 0.475. The van der Waals surface area contributed by atoms with Crippen LogP contribution >= 0.6 is 0 Å². The lowest BCUT2D eigenvalue weighted by atomic mass is 10.3. The summed E-state index contributed by atoms with van der Waals surface area (Å²) in [6.45, 7) is 0. The Kier molecular flexibility index (Phi) is 1.25. The van der Waals surface area contributed by atoms with Gasteiger partial charge in [0.2, 0.25) is 0 Å². The lowest BCUT2D eigenvalue weighted by Gasteiger charge is -2.02. The van der Waals surface area contributed by atoms with Crippen LogP contribution in [0.5, 0.6) is 0 Å². The van der Waals surface area contributed by atoms with Crippen LogP contribution in [0.4, 0.5) is 5.82 Å². The van der Waals surface area contributed by atoms with Crippen molar-refractivity contribution in [3.63, 3.8) is 0 Å². The third-order valence-corrected chi connectivity index (χ3v) is 2.18. The van der Waals surface area contributed by atoms with Crippen LogP contribution in [0, 0.1) is 0 Å². The zero-order valence-corrected chi connectivity index (χ0v) is 7.25. The van der Waals surface area contributed by atoms with E-state index >= 15 is 0 Å². The molecule has 3 aromatic heterocycles. The predicted octanol–water partition coefficient (Wildman–Crippen LogP) is 0.860. The highest BCUT2D eigenvalue weighted by molar-refractivity contribution is 5.82. The van der Waals surface area contributed by atoms with Gasteiger partial charge in [-0.1, -0.05) is 0 Å². The maximum atomic E-state index is 5.77. The zero-order chi connectivity index (χ0) is 9.54. The highest BCUT2D eigenvalue weighted by Crippen LogP contribution is 2.17. The fourth-order valence-corrected chi connectivity index (χ4v) is 1.53. The highest BCUT2D eigenvalue weighted by atomic mass is 15.0.